The van der Waals surface area contributed by atoms with Crippen molar-refractivity contribution in [3.63, 3.8) is 0 Å². The van der Waals surface area contributed by atoms with Crippen molar-refractivity contribution in [2.24, 2.45) is 5.73 Å². The van der Waals surface area contributed by atoms with Crippen LogP contribution in [0.3, 0.4) is 0 Å². The van der Waals surface area contributed by atoms with Gasteiger partial charge in [-0.2, -0.15) is 0 Å². The van der Waals surface area contributed by atoms with E-state index in [1.807, 2.05) is 31.2 Å². The van der Waals surface area contributed by atoms with E-state index in [-0.39, 0.29) is 0 Å². The van der Waals surface area contributed by atoms with Crippen molar-refractivity contribution in [1.29, 1.82) is 0 Å². The van der Waals surface area contributed by atoms with E-state index in [2.05, 4.69) is 0 Å². The van der Waals surface area contributed by atoms with Gasteiger partial charge in [0.25, 0.3) is 0 Å². The van der Waals surface area contributed by atoms with E-state index in [4.69, 9.17) is 45.9 Å². The van der Waals surface area contributed by atoms with Gasteiger partial charge in [0.2, 0.25) is 0 Å². The van der Waals surface area contributed by atoms with Gasteiger partial charge in [0.15, 0.2) is 0 Å². The summed E-state index contributed by atoms with van der Waals surface area (Å²) in [4.78, 5) is 0.327. The Morgan fingerprint density at radius 1 is 1.20 bits per heavy atom. The molecule has 0 radical (unpaired) electrons. The Balaban J connectivity index is 2.13. The van der Waals surface area contributed by atoms with Crippen molar-refractivity contribution in [3.8, 4) is 5.75 Å². The number of hydrogen-bond acceptors (Lipinski definition) is 2. The van der Waals surface area contributed by atoms with Gasteiger partial charge >= 0.3 is 0 Å². The molecule has 0 unspecified atom stereocenters. The van der Waals surface area contributed by atoms with E-state index in [1.54, 1.807) is 12.1 Å². The second-order valence-electron chi connectivity index (χ2n) is 4.37. The van der Waals surface area contributed by atoms with Gasteiger partial charge in [-0.05, 0) is 36.8 Å². The molecule has 0 saturated heterocycles. The maximum atomic E-state index is 6.19. The molecule has 2 nitrogen and oxygen atoms in total. The average molecular weight is 326 g/mol. The minimum Gasteiger partial charge on any atom is -0.489 e. The van der Waals surface area contributed by atoms with Crippen molar-refractivity contribution in [1.82, 2.24) is 0 Å². The number of thiocarbonyl (C=S) groups is 1. The summed E-state index contributed by atoms with van der Waals surface area (Å²) in [6, 6.07) is 10.9. The van der Waals surface area contributed by atoms with E-state index >= 15 is 0 Å². The Labute approximate surface area is 133 Å². The zero-order valence-corrected chi connectivity index (χ0v) is 13.1. The molecule has 0 aliphatic rings. The molecule has 0 aliphatic carbocycles. The first-order chi connectivity index (χ1) is 9.47. The van der Waals surface area contributed by atoms with Gasteiger partial charge in [0, 0.05) is 21.2 Å². The van der Waals surface area contributed by atoms with Crippen LogP contribution in [-0.2, 0) is 6.61 Å². The fourth-order valence-corrected chi connectivity index (χ4v) is 2.34. The SMILES string of the molecule is Cc1cc(Cl)ccc1OCc1ccc(C(N)=S)cc1Cl. The standard InChI is InChI=1S/C15H13Cl2NOS/c1-9-6-12(16)4-5-14(9)19-8-11-3-2-10(15(18)20)7-13(11)17/h2-7H,8H2,1H3,(H2,18,20). The lowest BCUT2D eigenvalue weighted by Gasteiger charge is -2.11. The fraction of sp³-hybridized carbons (Fsp3) is 0.133. The normalized spacial score (nSPS) is 10.3. The van der Waals surface area contributed by atoms with Crippen LogP contribution in [0.15, 0.2) is 36.4 Å². The molecule has 0 bridgehead atoms. The van der Waals surface area contributed by atoms with Crippen LogP contribution in [-0.4, -0.2) is 4.99 Å². The lowest BCUT2D eigenvalue weighted by atomic mass is 10.1. The van der Waals surface area contributed by atoms with Crippen molar-refractivity contribution >= 4 is 40.4 Å². The molecule has 2 rings (SSSR count). The molecule has 0 amide bonds. The van der Waals surface area contributed by atoms with E-state index in [1.165, 1.54) is 0 Å². The summed E-state index contributed by atoms with van der Waals surface area (Å²) >= 11 is 17.0. The van der Waals surface area contributed by atoms with E-state index in [9.17, 15) is 0 Å². The highest BCUT2D eigenvalue weighted by Crippen LogP contribution is 2.24. The maximum Gasteiger partial charge on any atom is 0.122 e. The molecule has 20 heavy (non-hydrogen) atoms. The van der Waals surface area contributed by atoms with Crippen molar-refractivity contribution in [3.05, 3.63) is 63.1 Å². The maximum absolute atomic E-state index is 6.19. The molecular formula is C15H13Cl2NOS. The lowest BCUT2D eigenvalue weighted by Crippen LogP contribution is -2.09. The van der Waals surface area contributed by atoms with Crippen LogP contribution in [0.4, 0.5) is 0 Å². The molecule has 2 aromatic rings. The van der Waals surface area contributed by atoms with Crippen LogP contribution >= 0.6 is 35.4 Å². The number of hydrogen-bond donors (Lipinski definition) is 1. The van der Waals surface area contributed by atoms with E-state index in [0.717, 1.165) is 22.4 Å². The predicted molar refractivity (Wildman–Crippen MR) is 87.9 cm³/mol. The van der Waals surface area contributed by atoms with Crippen LogP contribution in [0.25, 0.3) is 0 Å². The van der Waals surface area contributed by atoms with Gasteiger partial charge in [-0.3, -0.25) is 0 Å². The molecule has 0 spiro atoms. The van der Waals surface area contributed by atoms with Crippen molar-refractivity contribution in [2.75, 3.05) is 0 Å². The number of nitrogens with two attached hydrogens (primary N) is 1. The molecule has 2 N–H and O–H groups in total. The number of ether oxygens (including phenoxy) is 1. The fourth-order valence-electron chi connectivity index (χ4n) is 1.75. The monoisotopic (exact) mass is 325 g/mol. The number of aryl methyl sites for hydroxylation is 1. The zero-order chi connectivity index (χ0) is 14.7. The molecule has 2 aromatic carbocycles. The summed E-state index contributed by atoms with van der Waals surface area (Å²) < 4.78 is 5.75. The quantitative estimate of drug-likeness (QED) is 0.839. The third-order valence-corrected chi connectivity index (χ3v) is 3.68. The topological polar surface area (TPSA) is 35.2 Å². The zero-order valence-electron chi connectivity index (χ0n) is 10.8. The molecule has 0 aliphatic heterocycles. The van der Waals surface area contributed by atoms with Crippen molar-refractivity contribution in [2.45, 2.75) is 13.5 Å². The summed E-state index contributed by atoms with van der Waals surface area (Å²) in [5.41, 5.74) is 8.16. The second kappa shape index (κ2) is 6.44. The van der Waals surface area contributed by atoms with Gasteiger partial charge in [-0.15, -0.1) is 0 Å². The highest BCUT2D eigenvalue weighted by molar-refractivity contribution is 7.80. The summed E-state index contributed by atoms with van der Waals surface area (Å²) in [6.45, 7) is 2.32. The van der Waals surface area contributed by atoms with Crippen LogP contribution in [0.5, 0.6) is 5.75 Å². The van der Waals surface area contributed by atoms with Crippen LogP contribution in [0.1, 0.15) is 16.7 Å². The smallest absolute Gasteiger partial charge is 0.122 e. The van der Waals surface area contributed by atoms with Gasteiger partial charge in [0.05, 0.1) is 0 Å². The average Bonchev–Trinajstić information content (AvgIpc) is 2.38. The highest BCUT2D eigenvalue weighted by atomic mass is 35.5. The Bertz CT molecular complexity index is 658. The highest BCUT2D eigenvalue weighted by Gasteiger charge is 2.06. The summed E-state index contributed by atoms with van der Waals surface area (Å²) in [7, 11) is 0. The van der Waals surface area contributed by atoms with Crippen LogP contribution in [0, 0.1) is 6.92 Å². The van der Waals surface area contributed by atoms with Gasteiger partial charge < -0.3 is 10.5 Å². The van der Waals surface area contributed by atoms with E-state index < -0.39 is 0 Å². The first kappa shape index (κ1) is 15.1. The Morgan fingerprint density at radius 3 is 2.55 bits per heavy atom. The largest absolute Gasteiger partial charge is 0.489 e. The van der Waals surface area contributed by atoms with E-state index in [0.29, 0.717) is 21.6 Å². The van der Waals surface area contributed by atoms with Crippen LogP contribution in [0.2, 0.25) is 10.0 Å². The third kappa shape index (κ3) is 3.63. The predicted octanol–water partition coefficient (Wildman–Crippen LogP) is 4.52. The second-order valence-corrected chi connectivity index (χ2v) is 5.65. The lowest BCUT2D eigenvalue weighted by molar-refractivity contribution is 0.304. The molecular weight excluding hydrogens is 313 g/mol. The van der Waals surface area contributed by atoms with Gasteiger partial charge in [-0.1, -0.05) is 47.6 Å². The molecule has 104 valence electrons. The minimum absolute atomic E-state index is 0.327. The van der Waals surface area contributed by atoms with Crippen molar-refractivity contribution < 1.29 is 4.74 Å². The Hall–Kier alpha value is -1.29. The summed E-state index contributed by atoms with van der Waals surface area (Å²) in [5, 5.41) is 1.27. The Morgan fingerprint density at radius 2 is 1.95 bits per heavy atom. The Kier molecular flexibility index (Phi) is 4.86. The minimum atomic E-state index is 0.327. The van der Waals surface area contributed by atoms with Gasteiger partial charge in [0.1, 0.15) is 17.3 Å². The molecule has 5 heteroatoms. The molecule has 0 heterocycles. The summed E-state index contributed by atoms with van der Waals surface area (Å²) in [6.07, 6.45) is 0. The first-order valence-corrected chi connectivity index (χ1v) is 7.11. The molecule has 0 fully saturated rings. The molecule has 0 saturated carbocycles. The summed E-state index contributed by atoms with van der Waals surface area (Å²) in [5.74, 6) is 0.781. The molecule has 0 atom stereocenters. The van der Waals surface area contributed by atoms with Crippen LogP contribution < -0.4 is 10.5 Å². The number of rotatable bonds is 4. The first-order valence-electron chi connectivity index (χ1n) is 5.94. The number of benzene rings is 2. The third-order valence-electron chi connectivity index (χ3n) is 2.86. The van der Waals surface area contributed by atoms with Gasteiger partial charge in [-0.25, -0.2) is 0 Å². The molecule has 0 aromatic heterocycles. The number of halogens is 2.